The second-order valence-electron chi connectivity index (χ2n) is 5.55. The molecule has 0 aromatic carbocycles. The van der Waals surface area contributed by atoms with Crippen LogP contribution in [0.1, 0.15) is 13.8 Å². The fourth-order valence-corrected chi connectivity index (χ4v) is 1.89. The molecule has 0 aliphatic heterocycles. The van der Waals surface area contributed by atoms with Crippen molar-refractivity contribution < 1.29 is 4.92 Å². The molecule has 0 aliphatic carbocycles. The van der Waals surface area contributed by atoms with Crippen LogP contribution >= 0.6 is 0 Å². The molecule has 0 amide bonds. The summed E-state index contributed by atoms with van der Waals surface area (Å²) in [6.45, 7) is 6.33. The third-order valence-corrected chi connectivity index (χ3v) is 2.87. The van der Waals surface area contributed by atoms with Crippen LogP contribution in [0.3, 0.4) is 0 Å². The number of hydrogen-bond donors (Lipinski definition) is 1. The minimum Gasteiger partial charge on any atom is -0.357 e. The molecule has 0 bridgehead atoms. The monoisotopic (exact) mass is 296 g/mol. The van der Waals surface area contributed by atoms with E-state index in [4.69, 9.17) is 0 Å². The molecule has 1 rings (SSSR count). The van der Waals surface area contributed by atoms with Crippen molar-refractivity contribution in [2.24, 2.45) is 5.92 Å². The van der Waals surface area contributed by atoms with Crippen molar-refractivity contribution >= 4 is 17.5 Å². The first-order valence-corrected chi connectivity index (χ1v) is 6.94. The van der Waals surface area contributed by atoms with Crippen molar-refractivity contribution in [3.63, 3.8) is 0 Å². The summed E-state index contributed by atoms with van der Waals surface area (Å²) in [6.07, 6.45) is 1.26. The van der Waals surface area contributed by atoms with E-state index in [-0.39, 0.29) is 5.69 Å². The summed E-state index contributed by atoms with van der Waals surface area (Å²) in [5, 5.41) is 14.0. The van der Waals surface area contributed by atoms with Gasteiger partial charge in [-0.3, -0.25) is 10.1 Å². The summed E-state index contributed by atoms with van der Waals surface area (Å²) in [5.41, 5.74) is -0.0617. The van der Waals surface area contributed by atoms with Gasteiger partial charge in [-0.25, -0.2) is 4.98 Å². The highest BCUT2D eigenvalue weighted by atomic mass is 16.6. The Hall–Kier alpha value is -1.96. The van der Waals surface area contributed by atoms with E-state index < -0.39 is 4.92 Å². The third kappa shape index (κ3) is 5.14. The minimum absolute atomic E-state index is 0.0617. The first-order chi connectivity index (χ1) is 9.85. The van der Waals surface area contributed by atoms with E-state index in [9.17, 15) is 10.1 Å². The van der Waals surface area contributed by atoms with Gasteiger partial charge in [0.05, 0.1) is 4.92 Å². The Morgan fingerprint density at radius 1 is 1.38 bits per heavy atom. The van der Waals surface area contributed by atoms with Crippen molar-refractivity contribution in [2.45, 2.75) is 13.8 Å². The molecule has 0 unspecified atom stereocenters. The zero-order chi connectivity index (χ0) is 16.0. The van der Waals surface area contributed by atoms with Gasteiger partial charge in [0.25, 0.3) is 0 Å². The highest BCUT2D eigenvalue weighted by Crippen LogP contribution is 2.26. The van der Waals surface area contributed by atoms with Crippen molar-refractivity contribution in [3.05, 3.63) is 16.3 Å². The van der Waals surface area contributed by atoms with Gasteiger partial charge in [0.1, 0.15) is 6.20 Å². The number of rotatable bonds is 8. The summed E-state index contributed by atoms with van der Waals surface area (Å²) in [4.78, 5) is 23.0. The topological polar surface area (TPSA) is 87.4 Å². The molecule has 0 fully saturated rings. The van der Waals surface area contributed by atoms with E-state index in [1.807, 2.05) is 23.9 Å². The molecule has 8 nitrogen and oxygen atoms in total. The van der Waals surface area contributed by atoms with E-state index in [2.05, 4.69) is 29.1 Å². The van der Waals surface area contributed by atoms with E-state index in [1.54, 1.807) is 7.05 Å². The summed E-state index contributed by atoms with van der Waals surface area (Å²) < 4.78 is 0. The average Bonchev–Trinajstić information content (AvgIpc) is 2.42. The molecule has 118 valence electrons. The van der Waals surface area contributed by atoms with Crippen molar-refractivity contribution in [1.29, 1.82) is 0 Å². The SMILES string of the molecule is CNc1ncc([N+](=O)[O-])c(N(CCN(C)C)CC(C)C)n1. The number of nitro groups is 1. The molecule has 0 saturated carbocycles. The molecular weight excluding hydrogens is 272 g/mol. The fourth-order valence-electron chi connectivity index (χ4n) is 1.89. The summed E-state index contributed by atoms with van der Waals surface area (Å²) in [5.74, 6) is 1.13. The standard InChI is InChI=1S/C13H24N6O2/c1-10(2)9-18(7-6-17(4)5)12-11(19(20)21)8-15-13(14-3)16-12/h8,10H,6-7,9H2,1-5H3,(H,14,15,16). The minimum atomic E-state index is -0.433. The lowest BCUT2D eigenvalue weighted by molar-refractivity contribution is -0.384. The van der Waals surface area contributed by atoms with Crippen LogP contribution in [-0.4, -0.2) is 60.6 Å². The molecule has 0 aliphatic rings. The average molecular weight is 296 g/mol. The lowest BCUT2D eigenvalue weighted by Gasteiger charge is -2.26. The summed E-state index contributed by atoms with van der Waals surface area (Å²) in [6, 6.07) is 0. The van der Waals surface area contributed by atoms with Crippen LogP contribution in [0.15, 0.2) is 6.20 Å². The molecule has 1 N–H and O–H groups in total. The fraction of sp³-hybridized carbons (Fsp3) is 0.692. The number of likely N-dealkylation sites (N-methyl/N-ethyl adjacent to an activating group) is 1. The van der Waals surface area contributed by atoms with Crippen LogP contribution in [0.25, 0.3) is 0 Å². The molecule has 0 radical (unpaired) electrons. The Morgan fingerprint density at radius 2 is 2.05 bits per heavy atom. The first-order valence-electron chi connectivity index (χ1n) is 6.94. The lowest BCUT2D eigenvalue weighted by Crippen LogP contribution is -2.35. The predicted octanol–water partition coefficient (Wildman–Crippen LogP) is 1.45. The van der Waals surface area contributed by atoms with Gasteiger partial charge in [-0.15, -0.1) is 0 Å². The van der Waals surface area contributed by atoms with Gasteiger partial charge >= 0.3 is 5.69 Å². The smallest absolute Gasteiger partial charge is 0.329 e. The maximum Gasteiger partial charge on any atom is 0.329 e. The van der Waals surface area contributed by atoms with Crippen LogP contribution in [-0.2, 0) is 0 Å². The largest absolute Gasteiger partial charge is 0.357 e. The Labute approximate surface area is 125 Å². The van der Waals surface area contributed by atoms with E-state index in [0.29, 0.717) is 30.8 Å². The highest BCUT2D eigenvalue weighted by Gasteiger charge is 2.23. The molecule has 1 aromatic heterocycles. The normalized spacial score (nSPS) is 11.0. The maximum atomic E-state index is 11.2. The zero-order valence-electron chi connectivity index (χ0n) is 13.3. The quantitative estimate of drug-likeness (QED) is 0.574. The molecule has 0 saturated heterocycles. The Balaban J connectivity index is 3.16. The maximum absolute atomic E-state index is 11.2. The zero-order valence-corrected chi connectivity index (χ0v) is 13.3. The van der Waals surface area contributed by atoms with E-state index >= 15 is 0 Å². The van der Waals surface area contributed by atoms with Crippen LogP contribution < -0.4 is 10.2 Å². The summed E-state index contributed by atoms with van der Waals surface area (Å²) in [7, 11) is 5.64. The molecule has 0 spiro atoms. The summed E-state index contributed by atoms with van der Waals surface area (Å²) >= 11 is 0. The lowest BCUT2D eigenvalue weighted by atomic mass is 10.2. The number of aromatic nitrogens is 2. The van der Waals surface area contributed by atoms with Gasteiger partial charge in [-0.2, -0.15) is 4.98 Å². The van der Waals surface area contributed by atoms with E-state index in [1.165, 1.54) is 6.20 Å². The molecule has 0 atom stereocenters. The van der Waals surface area contributed by atoms with Crippen molar-refractivity contribution in [1.82, 2.24) is 14.9 Å². The Bertz CT molecular complexity index is 478. The van der Waals surface area contributed by atoms with Crippen LogP contribution in [0.5, 0.6) is 0 Å². The van der Waals surface area contributed by atoms with Crippen LogP contribution in [0.4, 0.5) is 17.5 Å². The number of anilines is 2. The van der Waals surface area contributed by atoms with Gasteiger partial charge in [-0.1, -0.05) is 13.8 Å². The second-order valence-corrected chi connectivity index (χ2v) is 5.55. The molecular formula is C13H24N6O2. The Kier molecular flexibility index (Phi) is 6.29. The highest BCUT2D eigenvalue weighted by molar-refractivity contribution is 5.58. The number of nitrogens with one attached hydrogen (secondary N) is 1. The molecule has 1 heterocycles. The molecule has 21 heavy (non-hydrogen) atoms. The van der Waals surface area contributed by atoms with Gasteiger partial charge < -0.3 is 15.1 Å². The second kappa shape index (κ2) is 7.72. The first kappa shape index (κ1) is 17.1. The van der Waals surface area contributed by atoms with Gasteiger partial charge in [0.15, 0.2) is 0 Å². The molecule has 8 heteroatoms. The predicted molar refractivity (Wildman–Crippen MR) is 83.8 cm³/mol. The van der Waals surface area contributed by atoms with Gasteiger partial charge in [0, 0.05) is 26.7 Å². The van der Waals surface area contributed by atoms with Gasteiger partial charge in [-0.05, 0) is 20.0 Å². The number of nitrogens with zero attached hydrogens (tertiary/aromatic N) is 5. The number of hydrogen-bond acceptors (Lipinski definition) is 7. The van der Waals surface area contributed by atoms with Gasteiger partial charge in [0.2, 0.25) is 11.8 Å². The van der Waals surface area contributed by atoms with Crippen molar-refractivity contribution in [2.75, 3.05) is 51.0 Å². The van der Waals surface area contributed by atoms with Crippen LogP contribution in [0.2, 0.25) is 0 Å². The third-order valence-electron chi connectivity index (χ3n) is 2.87. The van der Waals surface area contributed by atoms with Crippen molar-refractivity contribution in [3.8, 4) is 0 Å². The molecule has 1 aromatic rings. The van der Waals surface area contributed by atoms with Crippen LogP contribution in [0, 0.1) is 16.0 Å². The van der Waals surface area contributed by atoms with E-state index in [0.717, 1.165) is 6.54 Å². The Morgan fingerprint density at radius 3 is 2.52 bits per heavy atom.